The number of imidazole rings is 1. The van der Waals surface area contributed by atoms with E-state index >= 15 is 0 Å². The molecule has 0 fully saturated rings. The standard InChI is InChI=1S/C16H14Cl2N2/c1-10-5-3-7-13-16(10)20(15(9-17)19-13)14-8-4-6-12(18)11(14)2/h3-8H,9H2,1-2H3. The van der Waals surface area contributed by atoms with Gasteiger partial charge in [0.15, 0.2) is 0 Å². The van der Waals surface area contributed by atoms with Crippen LogP contribution in [0.25, 0.3) is 16.7 Å². The van der Waals surface area contributed by atoms with E-state index < -0.39 is 0 Å². The maximum Gasteiger partial charge on any atom is 0.129 e. The molecule has 0 radical (unpaired) electrons. The van der Waals surface area contributed by atoms with E-state index in [9.17, 15) is 0 Å². The number of alkyl halides is 1. The van der Waals surface area contributed by atoms with Gasteiger partial charge in [-0.2, -0.15) is 0 Å². The van der Waals surface area contributed by atoms with Crippen LogP contribution in [0.5, 0.6) is 0 Å². The van der Waals surface area contributed by atoms with Crippen molar-refractivity contribution in [3.05, 3.63) is 58.4 Å². The van der Waals surface area contributed by atoms with Gasteiger partial charge in [0.2, 0.25) is 0 Å². The minimum absolute atomic E-state index is 0.361. The first-order chi connectivity index (χ1) is 9.63. The summed E-state index contributed by atoms with van der Waals surface area (Å²) in [5.74, 6) is 1.20. The zero-order valence-corrected chi connectivity index (χ0v) is 12.8. The van der Waals surface area contributed by atoms with Crippen molar-refractivity contribution in [1.82, 2.24) is 9.55 Å². The third-order valence-electron chi connectivity index (χ3n) is 3.55. The Labute approximate surface area is 128 Å². The van der Waals surface area contributed by atoms with Crippen molar-refractivity contribution in [3.8, 4) is 5.69 Å². The largest absolute Gasteiger partial charge is 0.295 e. The van der Waals surface area contributed by atoms with E-state index in [1.54, 1.807) is 0 Å². The summed E-state index contributed by atoms with van der Waals surface area (Å²) in [7, 11) is 0. The maximum atomic E-state index is 6.25. The third kappa shape index (κ3) is 2.00. The number of benzene rings is 2. The first kappa shape index (κ1) is 13.5. The minimum Gasteiger partial charge on any atom is -0.295 e. The van der Waals surface area contributed by atoms with Gasteiger partial charge in [0.25, 0.3) is 0 Å². The van der Waals surface area contributed by atoms with Crippen molar-refractivity contribution in [2.24, 2.45) is 0 Å². The van der Waals surface area contributed by atoms with E-state index in [4.69, 9.17) is 23.2 Å². The van der Waals surface area contributed by atoms with Gasteiger partial charge in [-0.1, -0.05) is 29.8 Å². The Morgan fingerprint density at radius 2 is 1.85 bits per heavy atom. The van der Waals surface area contributed by atoms with Crippen molar-refractivity contribution < 1.29 is 0 Å². The Morgan fingerprint density at radius 3 is 2.60 bits per heavy atom. The first-order valence-corrected chi connectivity index (χ1v) is 7.33. The van der Waals surface area contributed by atoms with Crippen LogP contribution in [0.15, 0.2) is 36.4 Å². The fourth-order valence-electron chi connectivity index (χ4n) is 2.53. The molecule has 102 valence electrons. The van der Waals surface area contributed by atoms with Crippen LogP contribution >= 0.6 is 23.2 Å². The van der Waals surface area contributed by atoms with Crippen molar-refractivity contribution in [2.45, 2.75) is 19.7 Å². The third-order valence-corrected chi connectivity index (χ3v) is 4.20. The van der Waals surface area contributed by atoms with Gasteiger partial charge in [-0.15, -0.1) is 11.6 Å². The van der Waals surface area contributed by atoms with Gasteiger partial charge < -0.3 is 0 Å². The molecule has 0 saturated carbocycles. The average molecular weight is 305 g/mol. The molecular formula is C16H14Cl2N2. The zero-order valence-electron chi connectivity index (χ0n) is 11.3. The minimum atomic E-state index is 0.361. The molecule has 0 aliphatic carbocycles. The highest BCUT2D eigenvalue weighted by molar-refractivity contribution is 6.31. The number of aryl methyl sites for hydroxylation is 1. The number of fused-ring (bicyclic) bond motifs is 1. The van der Waals surface area contributed by atoms with Crippen LogP contribution in [-0.2, 0) is 5.88 Å². The van der Waals surface area contributed by atoms with Crippen LogP contribution in [0.4, 0.5) is 0 Å². The topological polar surface area (TPSA) is 17.8 Å². The molecule has 3 aromatic rings. The summed E-state index contributed by atoms with van der Waals surface area (Å²) in [6.07, 6.45) is 0. The second-order valence-electron chi connectivity index (χ2n) is 4.82. The summed E-state index contributed by atoms with van der Waals surface area (Å²) in [4.78, 5) is 4.63. The highest BCUT2D eigenvalue weighted by atomic mass is 35.5. The van der Waals surface area contributed by atoms with Gasteiger partial charge in [-0.3, -0.25) is 4.57 Å². The molecule has 20 heavy (non-hydrogen) atoms. The number of hydrogen-bond donors (Lipinski definition) is 0. The summed E-state index contributed by atoms with van der Waals surface area (Å²) in [5.41, 5.74) is 5.28. The number of aromatic nitrogens is 2. The summed E-state index contributed by atoms with van der Waals surface area (Å²) in [6, 6.07) is 12.0. The van der Waals surface area contributed by atoms with Gasteiger partial charge in [0.05, 0.1) is 22.6 Å². The number of rotatable bonds is 2. The smallest absolute Gasteiger partial charge is 0.129 e. The maximum absolute atomic E-state index is 6.25. The first-order valence-electron chi connectivity index (χ1n) is 6.42. The Kier molecular flexibility index (Phi) is 3.45. The van der Waals surface area contributed by atoms with Gasteiger partial charge in [0.1, 0.15) is 5.82 Å². The molecule has 0 spiro atoms. The lowest BCUT2D eigenvalue weighted by Gasteiger charge is -2.13. The normalized spacial score (nSPS) is 11.2. The second kappa shape index (κ2) is 5.12. The van der Waals surface area contributed by atoms with Crippen molar-refractivity contribution in [3.63, 3.8) is 0 Å². The molecule has 4 heteroatoms. The second-order valence-corrected chi connectivity index (χ2v) is 5.50. The zero-order chi connectivity index (χ0) is 14.3. The van der Waals surface area contributed by atoms with Crippen molar-refractivity contribution in [1.29, 1.82) is 0 Å². The molecule has 0 aliphatic rings. The quantitative estimate of drug-likeness (QED) is 0.607. The van der Waals surface area contributed by atoms with Crippen LogP contribution in [0.2, 0.25) is 5.02 Å². The predicted molar refractivity (Wildman–Crippen MR) is 85.1 cm³/mol. The van der Waals surface area contributed by atoms with E-state index in [1.165, 1.54) is 5.56 Å². The fourth-order valence-corrected chi connectivity index (χ4v) is 2.88. The van der Waals surface area contributed by atoms with E-state index in [1.807, 2.05) is 37.3 Å². The molecule has 0 aliphatic heterocycles. The molecule has 0 amide bonds. The average Bonchev–Trinajstić information content (AvgIpc) is 2.82. The molecular weight excluding hydrogens is 291 g/mol. The summed E-state index contributed by atoms with van der Waals surface area (Å²) in [6.45, 7) is 4.10. The van der Waals surface area contributed by atoms with Gasteiger partial charge in [-0.25, -0.2) is 4.98 Å². The molecule has 2 aromatic carbocycles. The lowest BCUT2D eigenvalue weighted by atomic mass is 10.1. The number of hydrogen-bond acceptors (Lipinski definition) is 1. The van der Waals surface area contributed by atoms with Crippen molar-refractivity contribution in [2.75, 3.05) is 0 Å². The Bertz CT molecular complexity index is 791. The monoisotopic (exact) mass is 304 g/mol. The Balaban J connectivity index is 2.43. The van der Waals surface area contributed by atoms with Crippen molar-refractivity contribution >= 4 is 34.2 Å². The fraction of sp³-hybridized carbons (Fsp3) is 0.188. The molecule has 2 nitrogen and oxygen atoms in total. The Hall–Kier alpha value is -1.51. The van der Waals surface area contributed by atoms with Gasteiger partial charge >= 0.3 is 0 Å². The highest BCUT2D eigenvalue weighted by Gasteiger charge is 2.15. The lowest BCUT2D eigenvalue weighted by Crippen LogP contribution is -2.02. The molecule has 1 heterocycles. The molecule has 0 atom stereocenters. The molecule has 0 bridgehead atoms. The molecule has 0 unspecified atom stereocenters. The van der Waals surface area contributed by atoms with Crippen LogP contribution in [0, 0.1) is 13.8 Å². The number of para-hydroxylation sites is 1. The predicted octanol–water partition coefficient (Wildman–Crippen LogP) is 5.03. The molecule has 0 saturated heterocycles. The highest BCUT2D eigenvalue weighted by Crippen LogP contribution is 2.29. The molecule has 1 aromatic heterocycles. The molecule has 3 rings (SSSR count). The van der Waals surface area contributed by atoms with E-state index in [0.29, 0.717) is 5.88 Å². The number of halogens is 2. The Morgan fingerprint density at radius 1 is 1.10 bits per heavy atom. The number of nitrogens with zero attached hydrogens (tertiary/aromatic N) is 2. The van der Waals surface area contributed by atoms with Crippen LogP contribution in [0.3, 0.4) is 0 Å². The van der Waals surface area contributed by atoms with Gasteiger partial charge in [0, 0.05) is 5.02 Å². The van der Waals surface area contributed by atoms with E-state index in [2.05, 4.69) is 22.5 Å². The lowest BCUT2D eigenvalue weighted by molar-refractivity contribution is 0.970. The van der Waals surface area contributed by atoms with Crippen LogP contribution < -0.4 is 0 Å². The summed E-state index contributed by atoms with van der Waals surface area (Å²) in [5, 5.41) is 0.749. The SMILES string of the molecule is Cc1c(Cl)cccc1-n1c(CCl)nc2cccc(C)c21. The van der Waals surface area contributed by atoms with Crippen LogP contribution in [-0.4, -0.2) is 9.55 Å². The molecule has 0 N–H and O–H groups in total. The summed E-state index contributed by atoms with van der Waals surface area (Å²) < 4.78 is 2.11. The van der Waals surface area contributed by atoms with E-state index in [-0.39, 0.29) is 0 Å². The van der Waals surface area contributed by atoms with Crippen LogP contribution in [0.1, 0.15) is 17.0 Å². The summed E-state index contributed by atoms with van der Waals surface area (Å²) >= 11 is 12.3. The van der Waals surface area contributed by atoms with Gasteiger partial charge in [-0.05, 0) is 43.2 Å². The van der Waals surface area contributed by atoms with E-state index in [0.717, 1.165) is 33.1 Å².